The summed E-state index contributed by atoms with van der Waals surface area (Å²) in [7, 11) is 0. The number of nitrogens with two attached hydrogens (primary N) is 5. The van der Waals surface area contributed by atoms with E-state index in [9.17, 15) is 19.2 Å². The number of primary amides is 1. The Hall–Kier alpha value is -3.71. The van der Waals surface area contributed by atoms with E-state index >= 15 is 0 Å². The highest BCUT2D eigenvalue weighted by atomic mass is 16.2. The summed E-state index contributed by atoms with van der Waals surface area (Å²) < 4.78 is 0. The Kier molecular flexibility index (Phi) is 13.0. The number of amides is 4. The van der Waals surface area contributed by atoms with E-state index in [1.807, 2.05) is 30.3 Å². The quantitative estimate of drug-likeness (QED) is 0.0584. The fourth-order valence-electron chi connectivity index (χ4n) is 8.53. The van der Waals surface area contributed by atoms with Gasteiger partial charge in [-0.1, -0.05) is 30.3 Å². The zero-order valence-corrected chi connectivity index (χ0v) is 27.5. The second-order valence-electron chi connectivity index (χ2n) is 14.2. The Morgan fingerprint density at radius 1 is 0.766 bits per heavy atom. The number of guanidine groups is 1. The van der Waals surface area contributed by atoms with Gasteiger partial charge in [-0.25, -0.2) is 0 Å². The van der Waals surface area contributed by atoms with Gasteiger partial charge < -0.3 is 44.6 Å². The number of nitrogens with zero attached hydrogens (tertiary/aromatic N) is 1. The molecule has 13 nitrogen and oxygen atoms in total. The lowest BCUT2D eigenvalue weighted by Crippen LogP contribution is -2.58. The number of carbonyl (C=O) groups is 4. The lowest BCUT2D eigenvalue weighted by atomic mass is 9.48. The van der Waals surface area contributed by atoms with Gasteiger partial charge in [-0.3, -0.25) is 24.2 Å². The highest BCUT2D eigenvalue weighted by Crippen LogP contribution is 2.61. The summed E-state index contributed by atoms with van der Waals surface area (Å²) in [4.78, 5) is 57.1. The van der Waals surface area contributed by atoms with E-state index in [4.69, 9.17) is 28.7 Å². The monoisotopic (exact) mass is 653 g/mol. The summed E-state index contributed by atoms with van der Waals surface area (Å²) in [5, 5.41) is 8.43. The summed E-state index contributed by atoms with van der Waals surface area (Å²) >= 11 is 0. The molecule has 4 aliphatic carbocycles. The van der Waals surface area contributed by atoms with Crippen molar-refractivity contribution in [2.75, 3.05) is 13.1 Å². The topological polar surface area (TPSA) is 247 Å². The molecule has 47 heavy (non-hydrogen) atoms. The molecule has 1 aromatic rings. The maximum absolute atomic E-state index is 13.8. The first-order chi connectivity index (χ1) is 22.5. The van der Waals surface area contributed by atoms with E-state index in [-0.39, 0.29) is 36.7 Å². The first-order valence-electron chi connectivity index (χ1n) is 17.2. The molecule has 0 radical (unpaired) electrons. The number of carbonyl (C=O) groups excluding carboxylic acids is 4. The molecule has 4 bridgehead atoms. The predicted octanol–water partition coefficient (Wildman–Crippen LogP) is 0.285. The van der Waals surface area contributed by atoms with E-state index in [0.29, 0.717) is 38.6 Å². The molecule has 4 amide bonds. The molecule has 0 aliphatic heterocycles. The SMILES string of the molecule is NCCCC[C@H](NC(=O)[C@H](Cc1ccccc1)NC(=O)[C@@H](CCCN=C(N)N)NC(=O)[C@@H](N)CC12CC3CC(CC(C3)C1)C2)C(N)=O. The average molecular weight is 654 g/mol. The molecule has 0 spiro atoms. The van der Waals surface area contributed by atoms with Crippen LogP contribution in [0, 0.1) is 23.2 Å². The molecule has 1 aromatic carbocycles. The van der Waals surface area contributed by atoms with Crippen LogP contribution in [0.3, 0.4) is 0 Å². The number of unbranched alkanes of at least 4 members (excludes halogenated alkanes) is 1. The van der Waals surface area contributed by atoms with Crippen molar-refractivity contribution in [3.63, 3.8) is 0 Å². The molecule has 0 saturated heterocycles. The van der Waals surface area contributed by atoms with E-state index < -0.39 is 41.9 Å². The van der Waals surface area contributed by atoms with Gasteiger partial charge >= 0.3 is 0 Å². The van der Waals surface area contributed by atoms with Crippen LogP contribution in [-0.2, 0) is 25.6 Å². The number of rotatable bonds is 19. The van der Waals surface area contributed by atoms with Crippen LogP contribution < -0.4 is 44.6 Å². The molecule has 4 saturated carbocycles. The van der Waals surface area contributed by atoms with Gasteiger partial charge in [-0.05, 0) is 112 Å². The number of aliphatic imine (C=N–C) groups is 1. The minimum Gasteiger partial charge on any atom is -0.370 e. The van der Waals surface area contributed by atoms with Crippen LogP contribution >= 0.6 is 0 Å². The third-order valence-electron chi connectivity index (χ3n) is 10.3. The van der Waals surface area contributed by atoms with Gasteiger partial charge in [-0.2, -0.15) is 0 Å². The minimum absolute atomic E-state index is 0.0669. The molecule has 0 aromatic heterocycles. The second kappa shape index (κ2) is 16.9. The Balaban J connectivity index is 1.46. The molecule has 4 aliphatic rings. The lowest BCUT2D eigenvalue weighted by Gasteiger charge is -2.57. The lowest BCUT2D eigenvalue weighted by molar-refractivity contribution is -0.134. The van der Waals surface area contributed by atoms with E-state index in [1.54, 1.807) is 0 Å². The van der Waals surface area contributed by atoms with Crippen molar-refractivity contribution in [1.82, 2.24) is 16.0 Å². The number of nitrogens with one attached hydrogen (secondary N) is 3. The van der Waals surface area contributed by atoms with Crippen molar-refractivity contribution in [1.29, 1.82) is 0 Å². The zero-order chi connectivity index (χ0) is 34.0. The first kappa shape index (κ1) is 36.1. The molecule has 0 unspecified atom stereocenters. The zero-order valence-electron chi connectivity index (χ0n) is 27.5. The largest absolute Gasteiger partial charge is 0.370 e. The van der Waals surface area contributed by atoms with Crippen molar-refractivity contribution < 1.29 is 19.2 Å². The Morgan fingerprint density at radius 2 is 1.32 bits per heavy atom. The van der Waals surface area contributed by atoms with Gasteiger partial charge in [0.2, 0.25) is 23.6 Å². The van der Waals surface area contributed by atoms with Crippen molar-refractivity contribution >= 4 is 29.6 Å². The van der Waals surface area contributed by atoms with Crippen molar-refractivity contribution in [2.45, 2.75) is 108 Å². The maximum atomic E-state index is 13.8. The summed E-state index contributed by atoms with van der Waals surface area (Å²) in [5.74, 6) is -0.0294. The first-order valence-corrected chi connectivity index (χ1v) is 17.2. The number of hydrogen-bond acceptors (Lipinski definition) is 7. The summed E-state index contributed by atoms with van der Waals surface area (Å²) in [6.45, 7) is 0.715. The van der Waals surface area contributed by atoms with Gasteiger partial charge in [0.05, 0.1) is 6.04 Å². The van der Waals surface area contributed by atoms with Crippen LogP contribution in [-0.4, -0.2) is 66.8 Å². The molecule has 5 rings (SSSR count). The van der Waals surface area contributed by atoms with Crippen LogP contribution in [0.15, 0.2) is 35.3 Å². The standard InChI is InChI=1S/C34H55N9O4/c35-11-5-4-9-26(29(37)44)41-32(47)28(16-21-7-2-1-3-8-21)43-31(46)27(10-6-12-40-33(38)39)42-30(45)25(36)20-34-17-22-13-23(18-34)15-24(14-22)19-34/h1-3,7-8,22-28H,4-6,9-20,35-36H2,(H2,37,44)(H,41,47)(H,42,45)(H,43,46)(H4,38,39,40)/t22?,23?,24?,25-,26-,27+,28-,34?/m0/s1. The van der Waals surface area contributed by atoms with Gasteiger partial charge in [0, 0.05) is 13.0 Å². The van der Waals surface area contributed by atoms with Crippen LogP contribution in [0.5, 0.6) is 0 Å². The molecule has 13 N–H and O–H groups in total. The normalized spacial score (nSPS) is 25.2. The van der Waals surface area contributed by atoms with Gasteiger partial charge in [0.1, 0.15) is 18.1 Å². The molecule has 4 fully saturated rings. The van der Waals surface area contributed by atoms with E-state index in [0.717, 1.165) is 42.6 Å². The third kappa shape index (κ3) is 10.6. The average Bonchev–Trinajstić information content (AvgIpc) is 3.01. The van der Waals surface area contributed by atoms with Crippen molar-refractivity contribution in [3.8, 4) is 0 Å². The van der Waals surface area contributed by atoms with Crippen LogP contribution in [0.4, 0.5) is 0 Å². The maximum Gasteiger partial charge on any atom is 0.243 e. The van der Waals surface area contributed by atoms with Gasteiger partial charge in [0.25, 0.3) is 0 Å². The van der Waals surface area contributed by atoms with Crippen LogP contribution in [0.2, 0.25) is 0 Å². The highest BCUT2D eigenvalue weighted by molar-refractivity contribution is 5.94. The molecule has 13 heteroatoms. The Labute approximate surface area is 278 Å². The number of benzene rings is 1. The van der Waals surface area contributed by atoms with Gasteiger partial charge in [0.15, 0.2) is 5.96 Å². The summed E-state index contributed by atoms with van der Waals surface area (Å²) in [5.41, 5.74) is 29.6. The molecular weight excluding hydrogens is 598 g/mol. The van der Waals surface area contributed by atoms with Crippen molar-refractivity contribution in [2.24, 2.45) is 56.8 Å². The number of hydrogen-bond donors (Lipinski definition) is 8. The Morgan fingerprint density at radius 3 is 1.89 bits per heavy atom. The fraction of sp³-hybridized carbons (Fsp3) is 0.676. The molecule has 260 valence electrons. The third-order valence-corrected chi connectivity index (χ3v) is 10.3. The molecule has 4 atom stereocenters. The highest BCUT2D eigenvalue weighted by Gasteiger charge is 2.51. The Bertz CT molecular complexity index is 1220. The molecular formula is C34H55N9O4. The van der Waals surface area contributed by atoms with Crippen molar-refractivity contribution in [3.05, 3.63) is 35.9 Å². The van der Waals surface area contributed by atoms with Crippen LogP contribution in [0.1, 0.15) is 82.6 Å². The minimum atomic E-state index is -1.04. The van der Waals surface area contributed by atoms with Gasteiger partial charge in [-0.15, -0.1) is 0 Å². The van der Waals surface area contributed by atoms with E-state index in [1.165, 1.54) is 19.3 Å². The fourth-order valence-corrected chi connectivity index (χ4v) is 8.53. The van der Waals surface area contributed by atoms with Crippen LogP contribution in [0.25, 0.3) is 0 Å². The van der Waals surface area contributed by atoms with E-state index in [2.05, 4.69) is 20.9 Å². The second-order valence-corrected chi connectivity index (χ2v) is 14.2. The smallest absolute Gasteiger partial charge is 0.243 e. The molecule has 0 heterocycles. The summed E-state index contributed by atoms with van der Waals surface area (Å²) in [6.07, 6.45) is 10.3. The predicted molar refractivity (Wildman–Crippen MR) is 181 cm³/mol. The summed E-state index contributed by atoms with van der Waals surface area (Å²) in [6, 6.07) is 5.52.